The molecule has 0 bridgehead atoms. The van der Waals surface area contributed by atoms with Gasteiger partial charge in [-0.3, -0.25) is 4.98 Å². The monoisotopic (exact) mass is 171 g/mol. The van der Waals surface area contributed by atoms with Gasteiger partial charge in [-0.2, -0.15) is 0 Å². The molecule has 0 radical (unpaired) electrons. The van der Waals surface area contributed by atoms with Crippen LogP contribution in [0.3, 0.4) is 0 Å². The van der Waals surface area contributed by atoms with E-state index < -0.39 is 0 Å². The third kappa shape index (κ3) is 1.86. The Labute approximate surface area is 78.8 Å². The summed E-state index contributed by atoms with van der Waals surface area (Å²) in [6.45, 7) is 2.22. The average molecular weight is 171 g/mol. The molecule has 1 aliphatic rings. The Morgan fingerprint density at radius 2 is 2.31 bits per heavy atom. The minimum atomic E-state index is 0.674. The number of hydrogen-bond acceptors (Lipinski definition) is 1. The van der Waals surface area contributed by atoms with Gasteiger partial charge >= 0.3 is 0 Å². The molecule has 0 spiro atoms. The molecule has 1 heteroatoms. The van der Waals surface area contributed by atoms with Gasteiger partial charge in [0, 0.05) is 6.20 Å². The Kier molecular flexibility index (Phi) is 2.26. The van der Waals surface area contributed by atoms with E-state index in [0.29, 0.717) is 5.92 Å². The molecule has 0 aromatic carbocycles. The molecule has 1 nitrogen and oxygen atoms in total. The van der Waals surface area contributed by atoms with Gasteiger partial charge in [0.25, 0.3) is 0 Å². The first kappa shape index (κ1) is 8.24. The third-order valence-electron chi connectivity index (χ3n) is 2.27. The van der Waals surface area contributed by atoms with Crippen LogP contribution in [-0.2, 0) is 0 Å². The van der Waals surface area contributed by atoms with E-state index in [1.54, 1.807) is 0 Å². The summed E-state index contributed by atoms with van der Waals surface area (Å²) in [6.07, 6.45) is 9.62. The number of aromatic nitrogens is 1. The van der Waals surface area contributed by atoms with Crippen LogP contribution in [0, 0.1) is 5.92 Å². The van der Waals surface area contributed by atoms with Crippen molar-refractivity contribution >= 4 is 5.57 Å². The number of rotatable bonds is 1. The zero-order chi connectivity index (χ0) is 9.10. The minimum Gasteiger partial charge on any atom is -0.256 e. The molecule has 1 atom stereocenters. The third-order valence-corrected chi connectivity index (χ3v) is 2.27. The summed E-state index contributed by atoms with van der Waals surface area (Å²) in [5.74, 6) is 0.674. The van der Waals surface area contributed by atoms with E-state index in [1.807, 2.05) is 24.4 Å². The van der Waals surface area contributed by atoms with Crippen molar-refractivity contribution in [2.75, 3.05) is 0 Å². The molecule has 0 fully saturated rings. The molecule has 1 aromatic heterocycles. The molecule has 1 aliphatic carbocycles. The molecule has 13 heavy (non-hydrogen) atoms. The van der Waals surface area contributed by atoms with Gasteiger partial charge in [0.1, 0.15) is 0 Å². The van der Waals surface area contributed by atoms with E-state index >= 15 is 0 Å². The van der Waals surface area contributed by atoms with Crippen LogP contribution in [0.1, 0.15) is 19.0 Å². The lowest BCUT2D eigenvalue weighted by Crippen LogP contribution is -1.95. The normalized spacial score (nSPS) is 21.3. The van der Waals surface area contributed by atoms with E-state index in [9.17, 15) is 0 Å². The Balaban J connectivity index is 2.25. The summed E-state index contributed by atoms with van der Waals surface area (Å²) in [7, 11) is 0. The van der Waals surface area contributed by atoms with E-state index in [1.165, 1.54) is 5.57 Å². The molecule has 1 aromatic rings. The van der Waals surface area contributed by atoms with E-state index in [2.05, 4.69) is 30.1 Å². The van der Waals surface area contributed by atoms with Crippen molar-refractivity contribution in [3.63, 3.8) is 0 Å². The van der Waals surface area contributed by atoms with Crippen molar-refractivity contribution < 1.29 is 0 Å². The molecule has 0 saturated carbocycles. The Hall–Kier alpha value is -1.37. The van der Waals surface area contributed by atoms with Crippen LogP contribution < -0.4 is 0 Å². The van der Waals surface area contributed by atoms with Gasteiger partial charge in [-0.05, 0) is 30.0 Å². The highest BCUT2D eigenvalue weighted by atomic mass is 14.7. The first-order valence-electron chi connectivity index (χ1n) is 4.66. The molecular formula is C12H13N. The van der Waals surface area contributed by atoms with Gasteiger partial charge in [0.05, 0.1) is 5.69 Å². The van der Waals surface area contributed by atoms with Crippen molar-refractivity contribution in [1.82, 2.24) is 4.98 Å². The highest BCUT2D eigenvalue weighted by Gasteiger charge is 2.05. The van der Waals surface area contributed by atoms with Crippen LogP contribution in [0.4, 0.5) is 0 Å². The molecule has 0 N–H and O–H groups in total. The number of allylic oxidation sites excluding steroid dienone is 4. The fraction of sp³-hybridized carbons (Fsp3) is 0.250. The first-order valence-corrected chi connectivity index (χ1v) is 4.66. The predicted octanol–water partition coefficient (Wildman–Crippen LogP) is 3.06. The summed E-state index contributed by atoms with van der Waals surface area (Å²) in [5, 5.41) is 0. The number of pyridine rings is 1. The lowest BCUT2D eigenvalue weighted by atomic mass is 9.97. The van der Waals surface area contributed by atoms with Crippen LogP contribution in [0.2, 0.25) is 0 Å². The van der Waals surface area contributed by atoms with Gasteiger partial charge in [0.2, 0.25) is 0 Å². The van der Waals surface area contributed by atoms with Crippen LogP contribution in [0.15, 0.2) is 42.6 Å². The summed E-state index contributed by atoms with van der Waals surface area (Å²) in [4.78, 5) is 4.31. The molecule has 66 valence electrons. The van der Waals surface area contributed by atoms with Crippen LogP contribution in [0.5, 0.6) is 0 Å². The van der Waals surface area contributed by atoms with Crippen molar-refractivity contribution in [2.45, 2.75) is 13.3 Å². The minimum absolute atomic E-state index is 0.674. The fourth-order valence-corrected chi connectivity index (χ4v) is 1.45. The molecule has 1 heterocycles. The van der Waals surface area contributed by atoms with Crippen LogP contribution in [0.25, 0.3) is 5.57 Å². The molecule has 0 unspecified atom stereocenters. The molecule has 0 amide bonds. The SMILES string of the molecule is C[C@@H]1C=CC(c2ccccn2)=CC1. The maximum atomic E-state index is 4.31. The first-order chi connectivity index (χ1) is 6.36. The molecular weight excluding hydrogens is 158 g/mol. The standard InChI is InChI=1S/C12H13N/c1-10-5-7-11(8-6-10)12-4-2-3-9-13-12/h2-5,7-10H,6H2,1H3/t10-/m1/s1. The van der Waals surface area contributed by atoms with Gasteiger partial charge < -0.3 is 0 Å². The maximum Gasteiger partial charge on any atom is 0.0698 e. The smallest absolute Gasteiger partial charge is 0.0698 e. The quantitative estimate of drug-likeness (QED) is 0.632. The lowest BCUT2D eigenvalue weighted by molar-refractivity contribution is 0.738. The van der Waals surface area contributed by atoms with Gasteiger partial charge in [-0.15, -0.1) is 0 Å². The topological polar surface area (TPSA) is 12.9 Å². The highest BCUT2D eigenvalue weighted by molar-refractivity contribution is 5.72. The largest absolute Gasteiger partial charge is 0.256 e. The second-order valence-corrected chi connectivity index (χ2v) is 3.45. The predicted molar refractivity (Wildman–Crippen MR) is 55.1 cm³/mol. The molecule has 0 saturated heterocycles. The summed E-state index contributed by atoms with van der Waals surface area (Å²) >= 11 is 0. The average Bonchev–Trinajstić information content (AvgIpc) is 2.20. The van der Waals surface area contributed by atoms with Gasteiger partial charge in [-0.1, -0.05) is 31.2 Å². The number of nitrogens with zero attached hydrogens (tertiary/aromatic N) is 1. The Morgan fingerprint density at radius 3 is 2.92 bits per heavy atom. The van der Waals surface area contributed by atoms with E-state index in [-0.39, 0.29) is 0 Å². The highest BCUT2D eigenvalue weighted by Crippen LogP contribution is 2.21. The van der Waals surface area contributed by atoms with Crippen molar-refractivity contribution in [1.29, 1.82) is 0 Å². The summed E-state index contributed by atoms with van der Waals surface area (Å²) in [6, 6.07) is 6.01. The van der Waals surface area contributed by atoms with Crippen molar-refractivity contribution in [2.24, 2.45) is 5.92 Å². The lowest BCUT2D eigenvalue weighted by Gasteiger charge is -2.10. The van der Waals surface area contributed by atoms with Gasteiger partial charge in [0.15, 0.2) is 0 Å². The second kappa shape index (κ2) is 3.56. The summed E-state index contributed by atoms with van der Waals surface area (Å²) in [5.41, 5.74) is 2.32. The number of hydrogen-bond donors (Lipinski definition) is 0. The van der Waals surface area contributed by atoms with Crippen molar-refractivity contribution in [3.05, 3.63) is 48.3 Å². The van der Waals surface area contributed by atoms with Crippen LogP contribution >= 0.6 is 0 Å². The fourth-order valence-electron chi connectivity index (χ4n) is 1.45. The Morgan fingerprint density at radius 1 is 1.38 bits per heavy atom. The summed E-state index contributed by atoms with van der Waals surface area (Å²) < 4.78 is 0. The van der Waals surface area contributed by atoms with E-state index in [4.69, 9.17) is 0 Å². The van der Waals surface area contributed by atoms with Crippen molar-refractivity contribution in [3.8, 4) is 0 Å². The van der Waals surface area contributed by atoms with E-state index in [0.717, 1.165) is 12.1 Å². The zero-order valence-corrected chi connectivity index (χ0v) is 7.77. The zero-order valence-electron chi connectivity index (χ0n) is 7.77. The second-order valence-electron chi connectivity index (χ2n) is 3.45. The van der Waals surface area contributed by atoms with Gasteiger partial charge in [-0.25, -0.2) is 0 Å². The molecule has 2 rings (SSSR count). The molecule has 0 aliphatic heterocycles. The maximum absolute atomic E-state index is 4.31. The van der Waals surface area contributed by atoms with Crippen LogP contribution in [-0.4, -0.2) is 4.98 Å². The Bertz CT molecular complexity index is 335.